The van der Waals surface area contributed by atoms with Gasteiger partial charge < -0.3 is 0 Å². The lowest BCUT2D eigenvalue weighted by atomic mass is 10.2. The molecule has 0 saturated carbocycles. The molecule has 76 valence electrons. The maximum absolute atomic E-state index is 12.3. The van der Waals surface area contributed by atoms with E-state index in [0.29, 0.717) is 4.47 Å². The van der Waals surface area contributed by atoms with Gasteiger partial charge in [-0.05, 0) is 34.1 Å². The second-order valence-corrected chi connectivity index (χ2v) is 5.53. The quantitative estimate of drug-likeness (QED) is 0.779. The van der Waals surface area contributed by atoms with Gasteiger partial charge in [-0.1, -0.05) is 0 Å². The highest BCUT2D eigenvalue weighted by Gasteiger charge is 2.14. The highest BCUT2D eigenvalue weighted by atomic mass is 79.9. The molecule has 0 spiro atoms. The Hall–Kier alpha value is -0.750. The summed E-state index contributed by atoms with van der Waals surface area (Å²) in [5.74, 6) is 0. The number of carbonyl (C=O) groups excluding carboxylic acids is 1. The van der Waals surface area contributed by atoms with Crippen LogP contribution in [0.2, 0.25) is 0 Å². The van der Waals surface area contributed by atoms with E-state index in [1.54, 1.807) is 0 Å². The molecule has 0 amide bonds. The molecule has 0 atom stereocenters. The van der Waals surface area contributed by atoms with Crippen LogP contribution >= 0.6 is 15.9 Å². The van der Waals surface area contributed by atoms with E-state index < -0.39 is 15.9 Å². The molecule has 0 N–H and O–H groups in total. The minimum absolute atomic E-state index is 0.0963. The van der Waals surface area contributed by atoms with Gasteiger partial charge in [0.1, 0.15) is 0 Å². The molecule has 0 radical (unpaired) electrons. The van der Waals surface area contributed by atoms with Gasteiger partial charge in [0.15, 0.2) is 9.84 Å². The Balaban J connectivity index is 3.44. The number of benzene rings is 1. The summed E-state index contributed by atoms with van der Waals surface area (Å²) in [6.07, 6.45) is 0.986. The monoisotopic (exact) mass is 280 g/mol. The predicted octanol–water partition coefficient (Wildman–Crippen LogP) is 1.96. The summed E-state index contributed by atoms with van der Waals surface area (Å²) < 4.78 is 34.9. The van der Waals surface area contributed by atoms with Crippen molar-refractivity contribution in [1.82, 2.24) is 0 Å². The Morgan fingerprint density at radius 3 is 2.43 bits per heavy atom. The maximum Gasteiger partial charge on any atom is 0.332 e. The van der Waals surface area contributed by atoms with E-state index in [-0.39, 0.29) is 10.5 Å². The van der Waals surface area contributed by atoms with Crippen LogP contribution in [0, 0.1) is 0 Å². The fourth-order valence-electron chi connectivity index (χ4n) is 0.910. The molecule has 14 heavy (non-hydrogen) atoms. The molecular weight excluding hydrogens is 275 g/mol. The van der Waals surface area contributed by atoms with E-state index in [1.807, 2.05) is 0 Å². The van der Waals surface area contributed by atoms with Crippen molar-refractivity contribution in [3.8, 4) is 0 Å². The standard InChI is InChI=1S/C8H6BrFO3S/c1-14(12,13)7-4-5(8(10)11)2-3-6(7)9/h2-4H,1H3. The van der Waals surface area contributed by atoms with Crippen LogP contribution in [0.15, 0.2) is 27.6 Å². The Morgan fingerprint density at radius 2 is 2.00 bits per heavy atom. The molecule has 1 aromatic rings. The first-order valence-corrected chi connectivity index (χ1v) is 6.20. The number of hydrogen-bond donors (Lipinski definition) is 0. The number of rotatable bonds is 2. The summed E-state index contributed by atoms with van der Waals surface area (Å²) >= 11 is 3.00. The van der Waals surface area contributed by atoms with Crippen LogP contribution in [0.1, 0.15) is 10.4 Å². The van der Waals surface area contributed by atoms with Gasteiger partial charge >= 0.3 is 6.04 Å². The minimum atomic E-state index is -3.46. The largest absolute Gasteiger partial charge is 0.332 e. The van der Waals surface area contributed by atoms with Gasteiger partial charge in [-0.2, -0.15) is 4.39 Å². The number of halogens is 2. The van der Waals surface area contributed by atoms with Gasteiger partial charge in [0.2, 0.25) is 0 Å². The van der Waals surface area contributed by atoms with Crippen molar-refractivity contribution in [3.63, 3.8) is 0 Å². The molecule has 0 bridgehead atoms. The molecule has 0 fully saturated rings. The van der Waals surface area contributed by atoms with Crippen LogP contribution in [-0.4, -0.2) is 20.7 Å². The van der Waals surface area contributed by atoms with E-state index in [0.717, 1.165) is 12.3 Å². The molecule has 1 rings (SSSR count). The molecule has 0 heterocycles. The van der Waals surface area contributed by atoms with Crippen LogP contribution in [0.25, 0.3) is 0 Å². The van der Waals surface area contributed by atoms with Crippen LogP contribution in [0.3, 0.4) is 0 Å². The molecule has 6 heteroatoms. The van der Waals surface area contributed by atoms with Crippen molar-refractivity contribution in [3.05, 3.63) is 28.2 Å². The average molecular weight is 281 g/mol. The maximum atomic E-state index is 12.3. The van der Waals surface area contributed by atoms with Gasteiger partial charge in [0.05, 0.1) is 10.5 Å². The normalized spacial score (nSPS) is 11.4. The topological polar surface area (TPSA) is 51.2 Å². The SMILES string of the molecule is CS(=O)(=O)c1cc(C(=O)F)ccc1Br. The first kappa shape index (κ1) is 11.3. The van der Waals surface area contributed by atoms with Crippen molar-refractivity contribution in [1.29, 1.82) is 0 Å². The molecule has 0 aliphatic carbocycles. The van der Waals surface area contributed by atoms with E-state index in [1.165, 1.54) is 12.1 Å². The van der Waals surface area contributed by atoms with E-state index in [2.05, 4.69) is 15.9 Å². The van der Waals surface area contributed by atoms with Gasteiger partial charge in [-0.25, -0.2) is 8.42 Å². The van der Waals surface area contributed by atoms with Crippen LogP contribution in [-0.2, 0) is 9.84 Å². The highest BCUT2D eigenvalue weighted by Crippen LogP contribution is 2.23. The Bertz CT molecular complexity index is 481. The third-order valence-electron chi connectivity index (χ3n) is 1.56. The van der Waals surface area contributed by atoms with Gasteiger partial charge in [0.25, 0.3) is 0 Å². The summed E-state index contributed by atoms with van der Waals surface area (Å²) in [6.45, 7) is 0. The van der Waals surface area contributed by atoms with Gasteiger partial charge in [-0.15, -0.1) is 0 Å². The first-order valence-electron chi connectivity index (χ1n) is 3.52. The molecule has 0 aliphatic rings. The fraction of sp³-hybridized carbons (Fsp3) is 0.125. The zero-order valence-electron chi connectivity index (χ0n) is 7.12. The van der Waals surface area contributed by atoms with Gasteiger partial charge in [0, 0.05) is 10.7 Å². The molecule has 0 aliphatic heterocycles. The highest BCUT2D eigenvalue weighted by molar-refractivity contribution is 9.10. The second-order valence-electron chi connectivity index (χ2n) is 2.69. The summed E-state index contributed by atoms with van der Waals surface area (Å²) in [4.78, 5) is 10.3. The van der Waals surface area contributed by atoms with Crippen molar-refractivity contribution in [2.24, 2.45) is 0 Å². The smallest absolute Gasteiger partial charge is 0.255 e. The predicted molar refractivity (Wildman–Crippen MR) is 52.7 cm³/mol. The van der Waals surface area contributed by atoms with Crippen molar-refractivity contribution in [2.75, 3.05) is 6.26 Å². The van der Waals surface area contributed by atoms with E-state index in [4.69, 9.17) is 0 Å². The van der Waals surface area contributed by atoms with Crippen LogP contribution in [0.4, 0.5) is 4.39 Å². The summed E-state index contributed by atoms with van der Waals surface area (Å²) in [5.41, 5.74) is -0.270. The zero-order chi connectivity index (χ0) is 10.9. The average Bonchev–Trinajstić information content (AvgIpc) is 2.02. The van der Waals surface area contributed by atoms with Crippen molar-refractivity contribution < 1.29 is 17.6 Å². The Labute approximate surface area is 89.0 Å². The number of sulfone groups is 1. The molecule has 0 unspecified atom stereocenters. The van der Waals surface area contributed by atoms with Gasteiger partial charge in [-0.3, -0.25) is 4.79 Å². The lowest BCUT2D eigenvalue weighted by Gasteiger charge is -2.02. The summed E-state index contributed by atoms with van der Waals surface area (Å²) in [5, 5.41) is 0. The van der Waals surface area contributed by atoms with Crippen molar-refractivity contribution in [2.45, 2.75) is 4.90 Å². The minimum Gasteiger partial charge on any atom is -0.255 e. The van der Waals surface area contributed by atoms with E-state index >= 15 is 0 Å². The molecule has 3 nitrogen and oxygen atoms in total. The Kier molecular flexibility index (Phi) is 3.06. The van der Waals surface area contributed by atoms with Crippen LogP contribution < -0.4 is 0 Å². The molecule has 1 aromatic carbocycles. The molecule has 0 aromatic heterocycles. The van der Waals surface area contributed by atoms with Crippen molar-refractivity contribution >= 4 is 31.8 Å². The summed E-state index contributed by atoms with van der Waals surface area (Å²) in [7, 11) is -3.46. The molecule has 0 saturated heterocycles. The first-order chi connectivity index (χ1) is 6.32. The second kappa shape index (κ2) is 3.78. The number of hydrogen-bond acceptors (Lipinski definition) is 3. The van der Waals surface area contributed by atoms with Crippen LogP contribution in [0.5, 0.6) is 0 Å². The lowest BCUT2D eigenvalue weighted by Crippen LogP contribution is -2.01. The lowest BCUT2D eigenvalue weighted by molar-refractivity contribution is 0.0835. The third-order valence-corrected chi connectivity index (χ3v) is 3.65. The van der Waals surface area contributed by atoms with E-state index in [9.17, 15) is 17.6 Å². The molecular formula is C8H6BrFO3S. The fourth-order valence-corrected chi connectivity index (χ4v) is 2.80. The summed E-state index contributed by atoms with van der Waals surface area (Å²) in [6, 6.07) is 1.88. The third kappa shape index (κ3) is 2.39. The zero-order valence-corrected chi connectivity index (χ0v) is 9.52. The Morgan fingerprint density at radius 1 is 1.43 bits per heavy atom. The number of carbonyl (C=O) groups is 1.